The molecule has 110 valence electrons. The number of likely N-dealkylation sites (N-methyl/N-ethyl adjacent to an activating group) is 1. The number of hydrogen-bond acceptors (Lipinski definition) is 3. The second-order valence-corrected chi connectivity index (χ2v) is 6.18. The van der Waals surface area contributed by atoms with E-state index in [4.69, 9.17) is 0 Å². The molecule has 0 aliphatic rings. The van der Waals surface area contributed by atoms with E-state index in [1.165, 1.54) is 45.4 Å². The second kappa shape index (κ2) is 10.8. The Morgan fingerprint density at radius 2 is 1.61 bits per heavy atom. The lowest BCUT2D eigenvalue weighted by Crippen LogP contribution is -2.35. The lowest BCUT2D eigenvalue weighted by molar-refractivity contribution is 0.214. The Hall–Kier alpha value is -0.120. The van der Waals surface area contributed by atoms with Crippen molar-refractivity contribution in [2.45, 2.75) is 46.1 Å². The maximum absolute atomic E-state index is 3.31. The Balaban J connectivity index is 3.78. The summed E-state index contributed by atoms with van der Waals surface area (Å²) in [6.07, 6.45) is 3.95. The Labute approximate surface area is 115 Å². The third-order valence-electron chi connectivity index (χ3n) is 3.34. The van der Waals surface area contributed by atoms with Crippen LogP contribution in [0.2, 0.25) is 0 Å². The molecule has 0 amide bonds. The molecule has 1 N–H and O–H groups in total. The molecule has 0 aliphatic carbocycles. The average Bonchev–Trinajstić information content (AvgIpc) is 2.30. The molecule has 0 heterocycles. The van der Waals surface area contributed by atoms with E-state index in [2.05, 4.69) is 50.0 Å². The van der Waals surface area contributed by atoms with Crippen molar-refractivity contribution in [1.29, 1.82) is 0 Å². The maximum atomic E-state index is 3.31. The average molecular weight is 257 g/mol. The first kappa shape index (κ1) is 17.9. The lowest BCUT2D eigenvalue weighted by Gasteiger charge is -2.26. The fraction of sp³-hybridized carbons (Fsp3) is 1.00. The molecule has 18 heavy (non-hydrogen) atoms. The van der Waals surface area contributed by atoms with Crippen LogP contribution in [-0.4, -0.2) is 63.2 Å². The van der Waals surface area contributed by atoms with Gasteiger partial charge in [-0.25, -0.2) is 0 Å². The van der Waals surface area contributed by atoms with Gasteiger partial charge in [-0.1, -0.05) is 20.3 Å². The standard InChI is InChI=1S/C15H35N3/c1-14(2)13-18(12-11-17(5)6)10-8-7-9-15(3)16-4/h14-16H,7-13H2,1-6H3. The summed E-state index contributed by atoms with van der Waals surface area (Å²) < 4.78 is 0. The van der Waals surface area contributed by atoms with Crippen molar-refractivity contribution in [3.63, 3.8) is 0 Å². The fourth-order valence-electron chi connectivity index (χ4n) is 2.08. The van der Waals surface area contributed by atoms with Crippen LogP contribution in [0.15, 0.2) is 0 Å². The van der Waals surface area contributed by atoms with E-state index < -0.39 is 0 Å². The summed E-state index contributed by atoms with van der Waals surface area (Å²) >= 11 is 0. The van der Waals surface area contributed by atoms with E-state index in [1.807, 2.05) is 7.05 Å². The first-order chi connectivity index (χ1) is 8.45. The summed E-state index contributed by atoms with van der Waals surface area (Å²) in [7, 11) is 6.36. The van der Waals surface area contributed by atoms with Crippen LogP contribution in [0.25, 0.3) is 0 Å². The van der Waals surface area contributed by atoms with Crippen molar-refractivity contribution in [2.24, 2.45) is 5.92 Å². The van der Waals surface area contributed by atoms with Gasteiger partial charge in [0.25, 0.3) is 0 Å². The van der Waals surface area contributed by atoms with E-state index in [-0.39, 0.29) is 0 Å². The number of unbranched alkanes of at least 4 members (excludes halogenated alkanes) is 1. The number of hydrogen-bond donors (Lipinski definition) is 1. The Bertz CT molecular complexity index is 181. The smallest absolute Gasteiger partial charge is 0.0109 e. The van der Waals surface area contributed by atoms with Crippen LogP contribution in [0, 0.1) is 5.92 Å². The minimum Gasteiger partial charge on any atom is -0.317 e. The van der Waals surface area contributed by atoms with Crippen LogP contribution in [-0.2, 0) is 0 Å². The number of nitrogens with one attached hydrogen (secondary N) is 1. The minimum atomic E-state index is 0.658. The van der Waals surface area contributed by atoms with Crippen molar-refractivity contribution in [3.05, 3.63) is 0 Å². The van der Waals surface area contributed by atoms with Crippen LogP contribution >= 0.6 is 0 Å². The zero-order valence-corrected chi connectivity index (χ0v) is 13.5. The normalized spacial score (nSPS) is 13.8. The molecule has 0 fully saturated rings. The summed E-state index contributed by atoms with van der Waals surface area (Å²) in [5, 5.41) is 3.31. The molecular weight excluding hydrogens is 222 g/mol. The third kappa shape index (κ3) is 11.0. The summed E-state index contributed by atoms with van der Waals surface area (Å²) in [5.41, 5.74) is 0. The highest BCUT2D eigenvalue weighted by Gasteiger charge is 2.08. The van der Waals surface area contributed by atoms with Gasteiger partial charge in [0.15, 0.2) is 0 Å². The van der Waals surface area contributed by atoms with Crippen LogP contribution in [0.5, 0.6) is 0 Å². The predicted molar refractivity (Wildman–Crippen MR) is 82.2 cm³/mol. The third-order valence-corrected chi connectivity index (χ3v) is 3.34. The molecule has 0 aliphatic heterocycles. The second-order valence-electron chi connectivity index (χ2n) is 6.18. The summed E-state index contributed by atoms with van der Waals surface area (Å²) in [5.74, 6) is 0.767. The predicted octanol–water partition coefficient (Wildman–Crippen LogP) is 2.28. The van der Waals surface area contributed by atoms with Gasteiger partial charge >= 0.3 is 0 Å². The molecule has 3 nitrogen and oxygen atoms in total. The molecule has 0 saturated heterocycles. The van der Waals surface area contributed by atoms with Crippen LogP contribution in [0.1, 0.15) is 40.0 Å². The van der Waals surface area contributed by atoms with E-state index in [0.717, 1.165) is 5.92 Å². The summed E-state index contributed by atoms with van der Waals surface area (Å²) in [6.45, 7) is 11.7. The van der Waals surface area contributed by atoms with Gasteiger partial charge < -0.3 is 15.1 Å². The van der Waals surface area contributed by atoms with E-state index in [1.54, 1.807) is 0 Å². The van der Waals surface area contributed by atoms with Gasteiger partial charge in [-0.05, 0) is 53.4 Å². The molecule has 0 saturated carbocycles. The minimum absolute atomic E-state index is 0.658. The first-order valence-electron chi connectivity index (χ1n) is 7.50. The van der Waals surface area contributed by atoms with Crippen molar-refractivity contribution >= 4 is 0 Å². The Kier molecular flexibility index (Phi) is 10.7. The van der Waals surface area contributed by atoms with Gasteiger partial charge in [0, 0.05) is 25.7 Å². The fourth-order valence-corrected chi connectivity index (χ4v) is 2.08. The molecule has 0 rings (SSSR count). The topological polar surface area (TPSA) is 18.5 Å². The highest BCUT2D eigenvalue weighted by atomic mass is 15.2. The van der Waals surface area contributed by atoms with Gasteiger partial charge in [-0.15, -0.1) is 0 Å². The Morgan fingerprint density at radius 1 is 0.944 bits per heavy atom. The number of rotatable bonds is 11. The molecule has 0 bridgehead atoms. The van der Waals surface area contributed by atoms with Gasteiger partial charge in [0.05, 0.1) is 0 Å². The summed E-state index contributed by atoms with van der Waals surface area (Å²) in [4.78, 5) is 4.89. The molecule has 0 aromatic heterocycles. The highest BCUT2D eigenvalue weighted by molar-refractivity contribution is 4.64. The summed E-state index contributed by atoms with van der Waals surface area (Å²) in [6, 6.07) is 0.658. The largest absolute Gasteiger partial charge is 0.317 e. The number of nitrogens with zero attached hydrogens (tertiary/aromatic N) is 2. The zero-order valence-electron chi connectivity index (χ0n) is 13.5. The SMILES string of the molecule is CNC(C)CCCCN(CCN(C)C)CC(C)C. The van der Waals surface area contributed by atoms with Crippen LogP contribution < -0.4 is 5.32 Å². The van der Waals surface area contributed by atoms with E-state index >= 15 is 0 Å². The van der Waals surface area contributed by atoms with Gasteiger partial charge in [-0.2, -0.15) is 0 Å². The maximum Gasteiger partial charge on any atom is 0.0109 e. The molecule has 0 aromatic rings. The van der Waals surface area contributed by atoms with Gasteiger partial charge in [0.2, 0.25) is 0 Å². The quantitative estimate of drug-likeness (QED) is 0.573. The van der Waals surface area contributed by atoms with Crippen molar-refractivity contribution < 1.29 is 0 Å². The molecule has 0 radical (unpaired) electrons. The molecule has 3 heteroatoms. The van der Waals surface area contributed by atoms with Crippen LogP contribution in [0.4, 0.5) is 0 Å². The molecule has 0 spiro atoms. The van der Waals surface area contributed by atoms with Gasteiger partial charge in [0.1, 0.15) is 0 Å². The monoisotopic (exact) mass is 257 g/mol. The van der Waals surface area contributed by atoms with E-state index in [0.29, 0.717) is 6.04 Å². The van der Waals surface area contributed by atoms with E-state index in [9.17, 15) is 0 Å². The van der Waals surface area contributed by atoms with Crippen molar-refractivity contribution in [1.82, 2.24) is 15.1 Å². The highest BCUT2D eigenvalue weighted by Crippen LogP contribution is 2.05. The first-order valence-corrected chi connectivity index (χ1v) is 7.50. The molecule has 1 atom stereocenters. The molecule has 1 unspecified atom stereocenters. The molecular formula is C15H35N3. The lowest BCUT2D eigenvalue weighted by atomic mass is 10.1. The van der Waals surface area contributed by atoms with Gasteiger partial charge in [-0.3, -0.25) is 0 Å². The van der Waals surface area contributed by atoms with Crippen LogP contribution in [0.3, 0.4) is 0 Å². The van der Waals surface area contributed by atoms with Crippen molar-refractivity contribution in [2.75, 3.05) is 47.3 Å². The molecule has 0 aromatic carbocycles. The van der Waals surface area contributed by atoms with Crippen molar-refractivity contribution in [3.8, 4) is 0 Å². The Morgan fingerprint density at radius 3 is 2.11 bits per heavy atom. The zero-order chi connectivity index (χ0) is 14.0.